The highest BCUT2D eigenvalue weighted by Gasteiger charge is 2.29. The van der Waals surface area contributed by atoms with Gasteiger partial charge in [0.15, 0.2) is 24.8 Å². The Bertz CT molecular complexity index is 630. The number of carbonyl (C=O) groups is 2. The zero-order valence-electron chi connectivity index (χ0n) is 14.6. The van der Waals surface area contributed by atoms with E-state index in [1.165, 1.54) is 0 Å². The van der Waals surface area contributed by atoms with Crippen molar-refractivity contribution < 1.29 is 55.3 Å². The zero-order valence-corrected chi connectivity index (χ0v) is 14.6. The molecule has 0 saturated carbocycles. The Morgan fingerprint density at radius 3 is 0.857 bits per heavy atom. The Labute approximate surface area is 155 Å². The van der Waals surface area contributed by atoms with Gasteiger partial charge in [0.2, 0.25) is 0 Å². The number of aliphatic carboxylic acids is 2. The van der Waals surface area contributed by atoms with E-state index in [9.17, 15) is 26.3 Å². The van der Waals surface area contributed by atoms with Crippen molar-refractivity contribution in [2.24, 2.45) is 14.1 Å². The molecule has 2 heterocycles. The van der Waals surface area contributed by atoms with Crippen LogP contribution in [0.1, 0.15) is 0 Å². The maximum absolute atomic E-state index is 10.5. The van der Waals surface area contributed by atoms with Crippen LogP contribution in [0.5, 0.6) is 0 Å². The molecule has 0 fully saturated rings. The van der Waals surface area contributed by atoms with Gasteiger partial charge in [0.25, 0.3) is 0 Å². The van der Waals surface area contributed by atoms with E-state index < -0.39 is 24.3 Å². The minimum absolute atomic E-state index is 2.00. The number of halogens is 6. The van der Waals surface area contributed by atoms with Gasteiger partial charge in [-0.15, -0.1) is 0 Å². The zero-order chi connectivity index (χ0) is 22.4. The first kappa shape index (κ1) is 27.0. The highest BCUT2D eigenvalue weighted by atomic mass is 19.4. The Balaban J connectivity index is 0. The van der Waals surface area contributed by atoms with Gasteiger partial charge in [0.1, 0.15) is 26.0 Å². The van der Waals surface area contributed by atoms with E-state index >= 15 is 0 Å². The van der Waals surface area contributed by atoms with Crippen LogP contribution in [-0.4, -0.2) is 24.3 Å². The number of aryl methyl sites for hydroxylation is 2. The number of pyridine rings is 2. The highest BCUT2D eigenvalue weighted by Crippen LogP contribution is 2.12. The topological polar surface area (TPSA) is 88.0 Å². The lowest BCUT2D eigenvalue weighted by molar-refractivity contribution is -0.671. The van der Waals surface area contributed by atoms with E-state index in [1.54, 1.807) is 0 Å². The quantitative estimate of drug-likeness (QED) is 0.434. The summed E-state index contributed by atoms with van der Waals surface area (Å²) in [5, 5.41) is 17.6. The molecule has 0 N–H and O–H groups in total. The van der Waals surface area contributed by atoms with Gasteiger partial charge in [0.05, 0.1) is 0 Å². The molecule has 0 spiro atoms. The predicted octanol–water partition coefficient (Wildman–Crippen LogP) is -0.381. The van der Waals surface area contributed by atoms with E-state index in [4.69, 9.17) is 19.8 Å². The fourth-order valence-electron chi connectivity index (χ4n) is 0.969. The number of carbonyl (C=O) groups excluding carboxylic acids is 2. The minimum Gasteiger partial charge on any atom is -0.542 e. The molecule has 0 unspecified atom stereocenters. The van der Waals surface area contributed by atoms with Gasteiger partial charge in [-0.2, -0.15) is 26.3 Å². The van der Waals surface area contributed by atoms with Crippen LogP contribution in [-0.2, 0) is 23.7 Å². The number of aromatic nitrogens is 2. The first-order valence-electron chi connectivity index (χ1n) is 7.04. The highest BCUT2D eigenvalue weighted by molar-refractivity contribution is 5.71. The van der Waals surface area contributed by atoms with Crippen molar-refractivity contribution in [1.29, 1.82) is 0 Å². The summed E-state index contributed by atoms with van der Waals surface area (Å²) in [4.78, 5) is 17.6. The monoisotopic (exact) mass is 414 g/mol. The molecule has 2 rings (SSSR count). The third kappa shape index (κ3) is 17.6. The van der Waals surface area contributed by atoms with Crippen LogP contribution in [0.25, 0.3) is 0 Å². The van der Waals surface area contributed by atoms with Crippen LogP contribution in [0.15, 0.2) is 61.2 Å². The molecule has 0 aliphatic heterocycles. The maximum atomic E-state index is 10.5. The fraction of sp³-hybridized carbons (Fsp3) is 0.250. The number of alkyl halides is 6. The first-order chi connectivity index (χ1) is 12.7. The molecule has 0 saturated heterocycles. The van der Waals surface area contributed by atoms with Gasteiger partial charge in [-0.25, -0.2) is 9.13 Å². The van der Waals surface area contributed by atoms with E-state index in [0.29, 0.717) is 0 Å². The summed E-state index contributed by atoms with van der Waals surface area (Å²) in [7, 11) is 4.00. The predicted molar refractivity (Wildman–Crippen MR) is 77.4 cm³/mol. The molecular weight excluding hydrogens is 398 g/mol. The Morgan fingerprint density at radius 1 is 0.607 bits per heavy atom. The standard InChI is InChI=1S/2C6H8N.2C2HF3O2/c2*1-7-5-3-2-4-6-7;2*3-2(4,5)1(6)7/h2*2-6H,1H3;2*(H,6,7)/q2*+1;;/p-2. The van der Waals surface area contributed by atoms with Crippen molar-refractivity contribution in [2.45, 2.75) is 12.4 Å². The molecule has 0 bridgehead atoms. The second-order valence-corrected chi connectivity index (χ2v) is 4.65. The van der Waals surface area contributed by atoms with E-state index in [0.717, 1.165) is 0 Å². The summed E-state index contributed by atoms with van der Waals surface area (Å²) in [6.45, 7) is 0. The Kier molecular flexibility index (Phi) is 12.6. The van der Waals surface area contributed by atoms with Crippen molar-refractivity contribution >= 4 is 11.9 Å². The summed E-state index contributed by atoms with van der Waals surface area (Å²) in [5.41, 5.74) is 0. The van der Waals surface area contributed by atoms with E-state index in [2.05, 4.69) is 0 Å². The van der Waals surface area contributed by atoms with Gasteiger partial charge >= 0.3 is 12.4 Å². The van der Waals surface area contributed by atoms with Gasteiger partial charge < -0.3 is 19.8 Å². The molecule has 0 aliphatic rings. The molecule has 2 aromatic rings. The van der Waals surface area contributed by atoms with Crippen molar-refractivity contribution in [1.82, 2.24) is 0 Å². The van der Waals surface area contributed by atoms with Crippen LogP contribution >= 0.6 is 0 Å². The molecule has 28 heavy (non-hydrogen) atoms. The normalized spacial score (nSPS) is 10.0. The van der Waals surface area contributed by atoms with Gasteiger partial charge in [-0.1, -0.05) is 12.1 Å². The molecule has 0 aromatic carbocycles. The number of nitrogens with zero attached hydrogens (tertiary/aromatic N) is 2. The summed E-state index contributed by atoms with van der Waals surface area (Å²) in [6.07, 6.45) is -2.39. The average Bonchev–Trinajstić information content (AvgIpc) is 2.56. The molecule has 12 heteroatoms. The lowest BCUT2D eigenvalue weighted by atomic mass is 10.5. The lowest BCUT2D eigenvalue weighted by Gasteiger charge is -2.03. The minimum atomic E-state index is -5.19. The first-order valence-corrected chi connectivity index (χ1v) is 7.04. The van der Waals surface area contributed by atoms with Crippen molar-refractivity contribution in [3.63, 3.8) is 0 Å². The molecule has 6 nitrogen and oxygen atoms in total. The third-order valence-corrected chi connectivity index (χ3v) is 2.19. The molecule has 0 aliphatic carbocycles. The number of hydrogen-bond donors (Lipinski definition) is 0. The molecule has 0 atom stereocenters. The van der Waals surface area contributed by atoms with Crippen molar-refractivity contribution in [2.75, 3.05) is 0 Å². The van der Waals surface area contributed by atoms with Gasteiger partial charge in [0, 0.05) is 24.3 Å². The number of carboxylic acid groups (broad SMARTS) is 2. The average molecular weight is 414 g/mol. The lowest BCUT2D eigenvalue weighted by Crippen LogP contribution is -2.37. The second-order valence-electron chi connectivity index (χ2n) is 4.65. The molecule has 2 aromatic heterocycles. The number of hydrogen-bond acceptors (Lipinski definition) is 4. The summed E-state index contributed by atoms with van der Waals surface area (Å²) < 4.78 is 67.1. The molecule has 0 amide bonds. The van der Waals surface area contributed by atoms with Crippen LogP contribution < -0.4 is 19.3 Å². The molecule has 156 valence electrons. The van der Waals surface area contributed by atoms with Gasteiger partial charge in [-0.05, 0) is 0 Å². The van der Waals surface area contributed by atoms with Crippen molar-refractivity contribution in [3.8, 4) is 0 Å². The number of carboxylic acids is 2. The second kappa shape index (κ2) is 13.1. The Morgan fingerprint density at radius 2 is 0.786 bits per heavy atom. The maximum Gasteiger partial charge on any atom is 0.430 e. The Hall–Kier alpha value is -3.18. The van der Waals surface area contributed by atoms with Crippen molar-refractivity contribution in [3.05, 3.63) is 61.2 Å². The summed E-state index contributed by atoms with van der Waals surface area (Å²) >= 11 is 0. The SMILES string of the molecule is C[n+]1ccccc1.C[n+]1ccccc1.O=C([O-])C(F)(F)F.O=C([O-])C(F)(F)F. The largest absolute Gasteiger partial charge is 0.542 e. The van der Waals surface area contributed by atoms with Gasteiger partial charge in [-0.3, -0.25) is 0 Å². The summed E-state index contributed by atoms with van der Waals surface area (Å²) in [6, 6.07) is 12.0. The molecular formula is C16H16F6N2O4. The smallest absolute Gasteiger partial charge is 0.430 e. The summed E-state index contributed by atoms with van der Waals surface area (Å²) in [5.74, 6) is -6.01. The number of rotatable bonds is 0. The van der Waals surface area contributed by atoms with E-state index in [-0.39, 0.29) is 0 Å². The van der Waals surface area contributed by atoms with Crippen LogP contribution in [0, 0.1) is 0 Å². The third-order valence-electron chi connectivity index (χ3n) is 2.19. The van der Waals surface area contributed by atoms with E-state index in [1.807, 2.05) is 84.4 Å². The van der Waals surface area contributed by atoms with Crippen LogP contribution in [0.4, 0.5) is 26.3 Å². The fourth-order valence-corrected chi connectivity index (χ4v) is 0.969. The van der Waals surface area contributed by atoms with Crippen LogP contribution in [0.3, 0.4) is 0 Å². The molecule has 0 radical (unpaired) electrons. The van der Waals surface area contributed by atoms with Crippen LogP contribution in [0.2, 0.25) is 0 Å².